The zero-order chi connectivity index (χ0) is 27.8. The molecule has 1 saturated heterocycles. The van der Waals surface area contributed by atoms with E-state index in [-0.39, 0.29) is 42.7 Å². The van der Waals surface area contributed by atoms with E-state index in [2.05, 4.69) is 5.32 Å². The van der Waals surface area contributed by atoms with E-state index in [1.807, 2.05) is 55.5 Å². The highest BCUT2D eigenvalue weighted by molar-refractivity contribution is 8.26. The van der Waals surface area contributed by atoms with Gasteiger partial charge >= 0.3 is 0 Å². The first-order valence-corrected chi connectivity index (χ1v) is 13.7. The Kier molecular flexibility index (Phi) is 7.01. The van der Waals surface area contributed by atoms with Crippen molar-refractivity contribution in [2.45, 2.75) is 19.6 Å². The van der Waals surface area contributed by atoms with Crippen LogP contribution >= 0.6 is 24.0 Å². The third-order valence-electron chi connectivity index (χ3n) is 6.66. The van der Waals surface area contributed by atoms with E-state index >= 15 is 0 Å². The quantitative estimate of drug-likeness (QED) is 0.248. The molecule has 4 aromatic rings. The Bertz CT molecular complexity index is 1740. The van der Waals surface area contributed by atoms with Gasteiger partial charge in [-0.2, -0.15) is 0 Å². The third-order valence-corrected chi connectivity index (χ3v) is 8.04. The molecule has 4 heterocycles. The average molecular weight is 573 g/mol. The summed E-state index contributed by atoms with van der Waals surface area (Å²) in [6.07, 6.45) is 2.34. The number of aliphatic hydroxyl groups is 1. The normalized spacial score (nSPS) is 16.2. The first kappa shape index (κ1) is 26.1. The lowest BCUT2D eigenvalue weighted by Gasteiger charge is -2.16. The molecule has 2 aromatic carbocycles. The van der Waals surface area contributed by atoms with Gasteiger partial charge in [-0.25, -0.2) is 4.98 Å². The van der Waals surface area contributed by atoms with Crippen molar-refractivity contribution in [1.82, 2.24) is 14.3 Å². The molecule has 2 aromatic heterocycles. The van der Waals surface area contributed by atoms with Gasteiger partial charge in [0.1, 0.15) is 15.8 Å². The number of anilines is 1. The zero-order valence-electron chi connectivity index (χ0n) is 21.4. The number of fused-ring (bicyclic) bond motifs is 2. The second-order valence-electron chi connectivity index (χ2n) is 9.33. The van der Waals surface area contributed by atoms with Crippen LogP contribution in [0.5, 0.6) is 11.5 Å². The summed E-state index contributed by atoms with van der Waals surface area (Å²) in [5.41, 5.74) is 2.72. The number of carbonyl (C=O) groups excluding carboxylic acids is 1. The lowest BCUT2D eigenvalue weighted by molar-refractivity contribution is -0.122. The predicted octanol–water partition coefficient (Wildman–Crippen LogP) is 4.28. The fraction of sp³-hybridized carbons (Fsp3) is 0.172. The van der Waals surface area contributed by atoms with E-state index in [1.54, 1.807) is 18.3 Å². The van der Waals surface area contributed by atoms with E-state index in [9.17, 15) is 14.7 Å². The molecule has 0 bridgehead atoms. The molecule has 6 rings (SSSR count). The van der Waals surface area contributed by atoms with E-state index in [4.69, 9.17) is 26.7 Å². The van der Waals surface area contributed by atoms with Crippen molar-refractivity contribution in [2.24, 2.45) is 0 Å². The lowest BCUT2D eigenvalue weighted by atomic mass is 10.1. The van der Waals surface area contributed by atoms with E-state index in [0.717, 1.165) is 28.5 Å². The molecular formula is C29H24N4O5S2. The van der Waals surface area contributed by atoms with Crippen LogP contribution in [0.3, 0.4) is 0 Å². The van der Waals surface area contributed by atoms with Crippen molar-refractivity contribution < 1.29 is 19.4 Å². The van der Waals surface area contributed by atoms with E-state index in [0.29, 0.717) is 26.4 Å². The van der Waals surface area contributed by atoms with Crippen LogP contribution in [0.15, 0.2) is 76.6 Å². The molecule has 202 valence electrons. The van der Waals surface area contributed by atoms with Crippen LogP contribution in [-0.2, 0) is 11.3 Å². The summed E-state index contributed by atoms with van der Waals surface area (Å²) >= 11 is 6.66. The smallest absolute Gasteiger partial charge is 0.267 e. The number of ether oxygens (including phenoxy) is 2. The van der Waals surface area contributed by atoms with Gasteiger partial charge < -0.3 is 19.9 Å². The molecule has 11 heteroatoms. The molecule has 0 spiro atoms. The number of aryl methyl sites for hydroxylation is 1. The Balaban J connectivity index is 1.33. The molecule has 1 amide bonds. The molecule has 9 nitrogen and oxygen atoms in total. The Hall–Kier alpha value is -4.19. The standard InChI is InChI=1S/C29H24N4O5S2/c1-17-6-5-11-32-26(17)31-25(30-14-21(34)19-7-3-2-4-8-19)20(27(32)35)13-24-28(36)33(29(39)40-24)15-18-9-10-22-23(12-18)38-16-37-22/h2-13,21,30,34H,14-16H2,1H3. The number of nitrogens with one attached hydrogen (secondary N) is 1. The molecule has 2 N–H and O–H groups in total. The second kappa shape index (κ2) is 10.8. The molecule has 40 heavy (non-hydrogen) atoms. The number of thiocarbonyl (C=S) groups is 1. The van der Waals surface area contributed by atoms with Crippen molar-refractivity contribution in [1.29, 1.82) is 0 Å². The number of rotatable bonds is 7. The number of nitrogens with zero attached hydrogens (tertiary/aromatic N) is 3. The van der Waals surface area contributed by atoms with Crippen LogP contribution in [0.1, 0.15) is 28.4 Å². The topological polar surface area (TPSA) is 105 Å². The van der Waals surface area contributed by atoms with E-state index in [1.165, 1.54) is 15.4 Å². The van der Waals surface area contributed by atoms with Crippen LogP contribution < -0.4 is 20.3 Å². The molecule has 1 unspecified atom stereocenters. The molecule has 0 saturated carbocycles. The highest BCUT2D eigenvalue weighted by Crippen LogP contribution is 2.36. The molecule has 1 atom stereocenters. The van der Waals surface area contributed by atoms with E-state index < -0.39 is 6.10 Å². The summed E-state index contributed by atoms with van der Waals surface area (Å²) in [4.78, 5) is 33.6. The minimum absolute atomic E-state index is 0.115. The van der Waals surface area contributed by atoms with Crippen molar-refractivity contribution in [3.05, 3.63) is 104 Å². The number of amides is 1. The fourth-order valence-corrected chi connectivity index (χ4v) is 5.79. The number of thioether (sulfide) groups is 1. The first-order valence-electron chi connectivity index (χ1n) is 12.5. The summed E-state index contributed by atoms with van der Waals surface area (Å²) in [6.45, 7) is 2.40. The van der Waals surface area contributed by atoms with Crippen molar-refractivity contribution in [3.63, 3.8) is 0 Å². The number of pyridine rings is 1. The third kappa shape index (κ3) is 4.94. The molecular weight excluding hydrogens is 548 g/mol. The second-order valence-corrected chi connectivity index (χ2v) is 11.0. The number of hydrogen-bond acceptors (Lipinski definition) is 9. The first-order chi connectivity index (χ1) is 19.4. The predicted molar refractivity (Wildman–Crippen MR) is 157 cm³/mol. The minimum Gasteiger partial charge on any atom is -0.454 e. The maximum absolute atomic E-state index is 13.7. The van der Waals surface area contributed by atoms with Gasteiger partial charge in [-0.1, -0.05) is 66.4 Å². The summed E-state index contributed by atoms with van der Waals surface area (Å²) in [5.74, 6) is 1.25. The summed E-state index contributed by atoms with van der Waals surface area (Å²) < 4.78 is 12.7. The van der Waals surface area contributed by atoms with Crippen LogP contribution in [0.4, 0.5) is 5.82 Å². The number of hydrogen-bond donors (Lipinski definition) is 2. The van der Waals surface area contributed by atoms with Gasteiger partial charge in [0.15, 0.2) is 11.5 Å². The summed E-state index contributed by atoms with van der Waals surface area (Å²) in [5, 5.41) is 13.9. The van der Waals surface area contributed by atoms with Gasteiger partial charge in [-0.3, -0.25) is 18.9 Å². The van der Waals surface area contributed by atoms with Crippen LogP contribution in [0, 0.1) is 6.92 Å². The molecule has 0 aliphatic carbocycles. The van der Waals surface area contributed by atoms with Gasteiger partial charge in [0.25, 0.3) is 11.5 Å². The monoisotopic (exact) mass is 572 g/mol. The summed E-state index contributed by atoms with van der Waals surface area (Å²) in [6, 6.07) is 18.3. The molecule has 2 aliphatic rings. The number of carbonyl (C=O) groups is 1. The SMILES string of the molecule is Cc1cccn2c(=O)c(C=C3SC(=S)N(Cc4ccc5c(c4)OCO5)C3=O)c(NCC(O)c3ccccc3)nc12. The van der Waals surface area contributed by atoms with Gasteiger partial charge in [-0.15, -0.1) is 0 Å². The van der Waals surface area contributed by atoms with Crippen molar-refractivity contribution >= 4 is 51.7 Å². The molecule has 0 radical (unpaired) electrons. The number of aliphatic hydroxyl groups excluding tert-OH is 1. The Labute approximate surface area is 239 Å². The van der Waals surface area contributed by atoms with Gasteiger partial charge in [0, 0.05) is 12.7 Å². The minimum atomic E-state index is -0.828. The Morgan fingerprint density at radius 3 is 2.75 bits per heavy atom. The average Bonchev–Trinajstić information content (AvgIpc) is 3.54. The maximum Gasteiger partial charge on any atom is 0.267 e. The summed E-state index contributed by atoms with van der Waals surface area (Å²) in [7, 11) is 0. The highest BCUT2D eigenvalue weighted by Gasteiger charge is 2.33. The van der Waals surface area contributed by atoms with Crippen molar-refractivity contribution in [2.75, 3.05) is 18.7 Å². The van der Waals surface area contributed by atoms with Gasteiger partial charge in [0.2, 0.25) is 6.79 Å². The highest BCUT2D eigenvalue weighted by atomic mass is 32.2. The fourth-order valence-electron chi connectivity index (χ4n) is 4.55. The maximum atomic E-state index is 13.7. The van der Waals surface area contributed by atoms with Gasteiger partial charge in [-0.05, 0) is 47.9 Å². The molecule has 1 fully saturated rings. The van der Waals surface area contributed by atoms with Crippen molar-refractivity contribution in [3.8, 4) is 11.5 Å². The Morgan fingerprint density at radius 2 is 1.93 bits per heavy atom. The zero-order valence-corrected chi connectivity index (χ0v) is 23.0. The molecule has 2 aliphatic heterocycles. The number of aromatic nitrogens is 2. The van der Waals surface area contributed by atoms with Gasteiger partial charge in [0.05, 0.1) is 23.1 Å². The van der Waals surface area contributed by atoms with Crippen LogP contribution in [0.2, 0.25) is 0 Å². The lowest BCUT2D eigenvalue weighted by Crippen LogP contribution is -2.27. The van der Waals surface area contributed by atoms with Crippen LogP contribution in [-0.4, -0.2) is 43.0 Å². The number of benzene rings is 2. The van der Waals surface area contributed by atoms with Crippen LogP contribution in [0.25, 0.3) is 11.7 Å². The Morgan fingerprint density at radius 1 is 1.12 bits per heavy atom. The largest absolute Gasteiger partial charge is 0.454 e.